The average Bonchev–Trinajstić information content (AvgIpc) is 2.74. The minimum Gasteiger partial charge on any atom is -0.434 e. The normalized spacial score (nSPS) is 17.3. The summed E-state index contributed by atoms with van der Waals surface area (Å²) in [5.74, 6) is -0.864. The molecule has 0 radical (unpaired) electrons. The molecule has 1 heterocycles. The van der Waals surface area contributed by atoms with Crippen LogP contribution in [0.2, 0.25) is 5.02 Å². The van der Waals surface area contributed by atoms with Gasteiger partial charge in [0.1, 0.15) is 11.4 Å². The van der Waals surface area contributed by atoms with E-state index in [-0.39, 0.29) is 21.4 Å². The molecule has 2 rings (SSSR count). The molecule has 5 nitrogen and oxygen atoms in total. The summed E-state index contributed by atoms with van der Waals surface area (Å²) >= 11 is 5.92. The number of halogens is 3. The monoisotopic (exact) mass is 353 g/mol. The van der Waals surface area contributed by atoms with Crippen LogP contribution in [0, 0.1) is 0 Å². The van der Waals surface area contributed by atoms with Crippen LogP contribution in [-0.2, 0) is 20.4 Å². The molecule has 0 aliphatic carbocycles. The fourth-order valence-electron chi connectivity index (χ4n) is 1.86. The van der Waals surface area contributed by atoms with Gasteiger partial charge in [0, 0.05) is 10.6 Å². The van der Waals surface area contributed by atoms with Crippen LogP contribution in [-0.4, -0.2) is 20.6 Å². The molecule has 0 spiro atoms. The molecule has 0 atom stereocenters. The number of sulfone groups is 1. The van der Waals surface area contributed by atoms with E-state index >= 15 is 0 Å². The van der Waals surface area contributed by atoms with Gasteiger partial charge in [0.2, 0.25) is 0 Å². The molecule has 0 fully saturated rings. The second kappa shape index (κ2) is 6.02. The van der Waals surface area contributed by atoms with Gasteiger partial charge in [-0.2, -0.15) is 8.78 Å². The fraction of sp³-hybridized carbons (Fsp3) is 0.385. The minimum absolute atomic E-state index is 0.0282. The number of nitrogens with one attached hydrogen (secondary N) is 1. The van der Waals surface area contributed by atoms with Gasteiger partial charge >= 0.3 is 6.61 Å². The molecular weight excluding hydrogens is 340 g/mol. The van der Waals surface area contributed by atoms with Crippen LogP contribution in [0.25, 0.3) is 0 Å². The smallest absolute Gasteiger partial charge is 0.387 e. The Kier molecular flexibility index (Phi) is 4.65. The number of ether oxygens (including phenoxy) is 1. The van der Waals surface area contributed by atoms with E-state index in [2.05, 4.69) is 10.2 Å². The zero-order valence-corrected chi connectivity index (χ0v) is 13.3. The van der Waals surface area contributed by atoms with Crippen molar-refractivity contribution in [3.8, 4) is 5.75 Å². The summed E-state index contributed by atoms with van der Waals surface area (Å²) in [4.78, 5) is 5.10. The van der Waals surface area contributed by atoms with Crippen molar-refractivity contribution in [2.45, 2.75) is 31.8 Å². The Bertz CT molecular complexity index is 704. The van der Waals surface area contributed by atoms with Crippen LogP contribution in [0.1, 0.15) is 19.4 Å². The lowest BCUT2D eigenvalue weighted by Gasteiger charge is -2.13. The number of rotatable bonds is 5. The highest BCUT2D eigenvalue weighted by Gasteiger charge is 2.32. The summed E-state index contributed by atoms with van der Waals surface area (Å²) in [5, 5.41) is -0.110. The second-order valence-corrected chi connectivity index (χ2v) is 7.54. The lowest BCUT2D eigenvalue weighted by molar-refractivity contribution is -0.0503. The first kappa shape index (κ1) is 17.0. The molecule has 1 aromatic carbocycles. The topological polar surface area (TPSA) is 64.6 Å². The lowest BCUT2D eigenvalue weighted by Crippen LogP contribution is -2.22. The van der Waals surface area contributed by atoms with Crippen LogP contribution in [0.15, 0.2) is 29.3 Å². The van der Waals surface area contributed by atoms with E-state index in [4.69, 9.17) is 16.4 Å². The molecule has 0 saturated carbocycles. The van der Waals surface area contributed by atoms with Crippen molar-refractivity contribution in [3.63, 3.8) is 0 Å². The number of hydrogen-bond donors (Lipinski definition) is 1. The molecule has 1 N–H and O–H groups in total. The maximum absolute atomic E-state index is 12.4. The number of hydroxylamine groups is 1. The van der Waals surface area contributed by atoms with Gasteiger partial charge in [0.05, 0.1) is 5.75 Å². The van der Waals surface area contributed by atoms with E-state index in [1.54, 1.807) is 13.8 Å². The summed E-state index contributed by atoms with van der Waals surface area (Å²) in [6, 6.07) is 4.04. The van der Waals surface area contributed by atoms with E-state index in [9.17, 15) is 17.2 Å². The number of benzene rings is 1. The van der Waals surface area contributed by atoms with Crippen molar-refractivity contribution in [2.24, 2.45) is 0 Å². The Labute approximate surface area is 131 Å². The zero-order valence-electron chi connectivity index (χ0n) is 11.8. The van der Waals surface area contributed by atoms with Gasteiger partial charge in [-0.05, 0) is 32.1 Å². The van der Waals surface area contributed by atoms with Crippen LogP contribution in [0.3, 0.4) is 0 Å². The van der Waals surface area contributed by atoms with Gasteiger partial charge in [0.15, 0.2) is 14.9 Å². The van der Waals surface area contributed by atoms with Crippen LogP contribution in [0.5, 0.6) is 5.75 Å². The molecule has 122 valence electrons. The first-order valence-corrected chi connectivity index (χ1v) is 8.25. The molecule has 0 unspecified atom stereocenters. The summed E-state index contributed by atoms with van der Waals surface area (Å²) < 4.78 is 53.9. The van der Waals surface area contributed by atoms with Crippen molar-refractivity contribution in [3.05, 3.63) is 39.9 Å². The molecule has 0 bridgehead atoms. The van der Waals surface area contributed by atoms with Crippen LogP contribution >= 0.6 is 11.6 Å². The first-order valence-electron chi connectivity index (χ1n) is 6.22. The van der Waals surface area contributed by atoms with Crippen molar-refractivity contribution >= 4 is 21.4 Å². The molecule has 22 heavy (non-hydrogen) atoms. The highest BCUT2D eigenvalue weighted by atomic mass is 35.5. The van der Waals surface area contributed by atoms with E-state index in [0.717, 1.165) is 0 Å². The van der Waals surface area contributed by atoms with Crippen molar-refractivity contribution in [1.29, 1.82) is 0 Å². The van der Waals surface area contributed by atoms with Crippen LogP contribution < -0.4 is 10.2 Å². The predicted octanol–water partition coefficient (Wildman–Crippen LogP) is 3.01. The van der Waals surface area contributed by atoms with Crippen LogP contribution in [0.4, 0.5) is 8.78 Å². The Morgan fingerprint density at radius 1 is 1.41 bits per heavy atom. The average molecular weight is 354 g/mol. The Hall–Kier alpha value is -1.38. The lowest BCUT2D eigenvalue weighted by atomic mass is 10.1. The molecule has 1 aliphatic rings. The number of alkyl halides is 2. The molecule has 0 amide bonds. The van der Waals surface area contributed by atoms with Gasteiger partial charge in [-0.15, -0.1) is 0 Å². The quantitative estimate of drug-likeness (QED) is 0.881. The zero-order chi connectivity index (χ0) is 16.5. The van der Waals surface area contributed by atoms with E-state index < -0.39 is 27.8 Å². The summed E-state index contributed by atoms with van der Waals surface area (Å²) in [6.07, 6.45) is 1.40. The third-order valence-electron chi connectivity index (χ3n) is 2.85. The number of hydrogen-bond acceptors (Lipinski definition) is 5. The third kappa shape index (κ3) is 3.88. The molecule has 0 aromatic heterocycles. The first-order chi connectivity index (χ1) is 10.1. The molecule has 0 saturated heterocycles. The molecule has 1 aliphatic heterocycles. The molecule has 1 aromatic rings. The third-order valence-corrected chi connectivity index (χ3v) is 4.75. The highest BCUT2D eigenvalue weighted by Crippen LogP contribution is 2.32. The van der Waals surface area contributed by atoms with E-state index in [0.29, 0.717) is 0 Å². The van der Waals surface area contributed by atoms with E-state index in [1.807, 2.05) is 0 Å². The van der Waals surface area contributed by atoms with E-state index in [1.165, 1.54) is 24.3 Å². The van der Waals surface area contributed by atoms with Gasteiger partial charge in [0.25, 0.3) is 0 Å². The van der Waals surface area contributed by atoms with Crippen molar-refractivity contribution in [2.75, 3.05) is 0 Å². The summed E-state index contributed by atoms with van der Waals surface area (Å²) in [7, 11) is -3.85. The Balaban J connectivity index is 2.34. The Morgan fingerprint density at radius 2 is 2.09 bits per heavy atom. The molecule has 9 heteroatoms. The predicted molar refractivity (Wildman–Crippen MR) is 77.1 cm³/mol. The second-order valence-electron chi connectivity index (χ2n) is 5.17. The van der Waals surface area contributed by atoms with Gasteiger partial charge < -0.3 is 4.74 Å². The van der Waals surface area contributed by atoms with Gasteiger partial charge in [-0.1, -0.05) is 17.7 Å². The minimum atomic E-state index is -3.85. The summed E-state index contributed by atoms with van der Waals surface area (Å²) in [6.45, 7) is 0.262. The van der Waals surface area contributed by atoms with Crippen molar-refractivity contribution in [1.82, 2.24) is 5.48 Å². The fourth-order valence-corrected chi connectivity index (χ4v) is 3.64. The highest BCUT2D eigenvalue weighted by molar-refractivity contribution is 7.94. The molecular formula is C13H14ClF2NO4S. The maximum Gasteiger partial charge on any atom is 0.387 e. The summed E-state index contributed by atoms with van der Waals surface area (Å²) in [5.41, 5.74) is 1.51. The standard InChI is InChI=1S/C13H14ClF2NO4S/c1-13(2)6-11(17-21-13)22(18,19)7-8-9(14)4-3-5-10(8)20-12(15)16/h3-6,12,17H,7H2,1-2H3. The Morgan fingerprint density at radius 3 is 2.64 bits per heavy atom. The van der Waals surface area contributed by atoms with Gasteiger partial charge in [-0.3, -0.25) is 10.3 Å². The maximum atomic E-state index is 12.4. The SMILES string of the molecule is CC1(C)C=C(S(=O)(=O)Cc2c(Cl)cccc2OC(F)F)NO1. The largest absolute Gasteiger partial charge is 0.434 e. The van der Waals surface area contributed by atoms with Crippen molar-refractivity contribution < 1.29 is 26.8 Å². The van der Waals surface area contributed by atoms with Gasteiger partial charge in [-0.25, -0.2) is 8.42 Å².